The molecule has 2 heterocycles. The quantitative estimate of drug-likeness (QED) is 0.846. The maximum absolute atomic E-state index is 12.1. The second-order valence-electron chi connectivity index (χ2n) is 6.43. The molecule has 1 amide bonds. The summed E-state index contributed by atoms with van der Waals surface area (Å²) in [6, 6.07) is 10.5. The van der Waals surface area contributed by atoms with Crippen molar-refractivity contribution in [3.05, 3.63) is 30.3 Å². The van der Waals surface area contributed by atoms with Crippen LogP contribution in [0.4, 0.5) is 5.69 Å². The van der Waals surface area contributed by atoms with Crippen molar-refractivity contribution in [3.8, 4) is 0 Å². The van der Waals surface area contributed by atoms with E-state index in [9.17, 15) is 9.90 Å². The zero-order valence-corrected chi connectivity index (χ0v) is 14.3. The lowest BCUT2D eigenvalue weighted by Crippen LogP contribution is -2.53. The SMILES string of the molecule is CCOCC(=O)N1C[C@@H](O)[C@H](N2CCN(c3ccccc3)CC2)C1. The minimum absolute atomic E-state index is 0.0266. The standard InChI is InChI=1S/C18H27N3O3/c1-2-24-14-18(23)21-12-16(17(22)13-21)20-10-8-19(9-11-20)15-6-4-3-5-7-15/h3-7,16-17,22H,2,8-14H2,1H3/t16-,17-/m1/s1. The molecule has 1 aromatic carbocycles. The van der Waals surface area contributed by atoms with Gasteiger partial charge in [-0.1, -0.05) is 18.2 Å². The van der Waals surface area contributed by atoms with Crippen LogP contribution in [0, 0.1) is 0 Å². The number of rotatable bonds is 5. The predicted molar refractivity (Wildman–Crippen MR) is 93.1 cm³/mol. The van der Waals surface area contributed by atoms with Crippen LogP contribution in [-0.4, -0.2) is 85.4 Å². The summed E-state index contributed by atoms with van der Waals surface area (Å²) in [4.78, 5) is 18.5. The third-order valence-electron chi connectivity index (χ3n) is 4.95. The van der Waals surface area contributed by atoms with Crippen LogP contribution in [0.2, 0.25) is 0 Å². The summed E-state index contributed by atoms with van der Waals surface area (Å²) in [5.74, 6) is -0.0266. The van der Waals surface area contributed by atoms with E-state index in [4.69, 9.17) is 4.74 Å². The average Bonchev–Trinajstić information content (AvgIpc) is 3.02. The summed E-state index contributed by atoms with van der Waals surface area (Å²) in [7, 11) is 0. The molecule has 2 aliphatic rings. The van der Waals surface area contributed by atoms with Gasteiger partial charge in [-0.3, -0.25) is 9.69 Å². The van der Waals surface area contributed by atoms with Crippen molar-refractivity contribution in [3.63, 3.8) is 0 Å². The molecule has 6 heteroatoms. The molecular weight excluding hydrogens is 306 g/mol. The van der Waals surface area contributed by atoms with Gasteiger partial charge in [0.05, 0.1) is 12.1 Å². The number of ether oxygens (including phenoxy) is 1. The number of benzene rings is 1. The summed E-state index contributed by atoms with van der Waals surface area (Å²) in [5.41, 5.74) is 1.25. The molecule has 0 aliphatic carbocycles. The summed E-state index contributed by atoms with van der Waals surface area (Å²) in [6.07, 6.45) is -0.473. The van der Waals surface area contributed by atoms with Gasteiger partial charge in [0, 0.05) is 51.6 Å². The van der Waals surface area contributed by atoms with Crippen molar-refractivity contribution >= 4 is 11.6 Å². The third kappa shape index (κ3) is 3.88. The lowest BCUT2D eigenvalue weighted by molar-refractivity contribution is -0.135. The van der Waals surface area contributed by atoms with Crippen LogP contribution in [0.5, 0.6) is 0 Å². The van der Waals surface area contributed by atoms with Gasteiger partial charge in [-0.2, -0.15) is 0 Å². The Morgan fingerprint density at radius 3 is 2.54 bits per heavy atom. The number of hydrogen-bond acceptors (Lipinski definition) is 5. The lowest BCUT2D eigenvalue weighted by Gasteiger charge is -2.39. The number of carbonyl (C=O) groups is 1. The molecule has 6 nitrogen and oxygen atoms in total. The monoisotopic (exact) mass is 333 g/mol. The molecule has 0 aromatic heterocycles. The van der Waals surface area contributed by atoms with Gasteiger partial charge in [0.25, 0.3) is 0 Å². The van der Waals surface area contributed by atoms with Crippen LogP contribution in [0.3, 0.4) is 0 Å². The Balaban J connectivity index is 1.52. The first kappa shape index (κ1) is 17.2. The highest BCUT2D eigenvalue weighted by Crippen LogP contribution is 2.21. The van der Waals surface area contributed by atoms with Gasteiger partial charge in [0.15, 0.2) is 0 Å². The summed E-state index contributed by atoms with van der Waals surface area (Å²) in [6.45, 7) is 7.23. The van der Waals surface area contributed by atoms with Crippen molar-refractivity contribution in [1.29, 1.82) is 0 Å². The number of nitrogens with zero attached hydrogens (tertiary/aromatic N) is 3. The first-order chi connectivity index (χ1) is 11.7. The number of carbonyl (C=O) groups excluding carboxylic acids is 1. The van der Waals surface area contributed by atoms with Gasteiger partial charge >= 0.3 is 0 Å². The number of likely N-dealkylation sites (tertiary alicyclic amines) is 1. The Bertz CT molecular complexity index is 532. The molecule has 2 fully saturated rings. The first-order valence-electron chi connectivity index (χ1n) is 8.76. The second kappa shape index (κ2) is 7.96. The van der Waals surface area contributed by atoms with E-state index in [0.29, 0.717) is 19.7 Å². The fraction of sp³-hybridized carbons (Fsp3) is 0.611. The number of hydrogen-bond donors (Lipinski definition) is 1. The van der Waals surface area contributed by atoms with Crippen molar-refractivity contribution < 1.29 is 14.6 Å². The molecule has 1 N–H and O–H groups in total. The second-order valence-corrected chi connectivity index (χ2v) is 6.43. The Labute approximate surface area is 143 Å². The highest BCUT2D eigenvalue weighted by Gasteiger charge is 2.38. The van der Waals surface area contributed by atoms with Gasteiger partial charge in [-0.05, 0) is 19.1 Å². The Morgan fingerprint density at radius 2 is 1.88 bits per heavy atom. The Hall–Kier alpha value is -1.63. The van der Waals surface area contributed by atoms with E-state index in [1.165, 1.54) is 5.69 Å². The third-order valence-corrected chi connectivity index (χ3v) is 4.95. The van der Waals surface area contributed by atoms with Crippen LogP contribution in [0.25, 0.3) is 0 Å². The highest BCUT2D eigenvalue weighted by atomic mass is 16.5. The number of anilines is 1. The normalized spacial score (nSPS) is 25.2. The van der Waals surface area contributed by atoms with Crippen LogP contribution in [-0.2, 0) is 9.53 Å². The minimum Gasteiger partial charge on any atom is -0.390 e. The summed E-state index contributed by atoms with van der Waals surface area (Å²) >= 11 is 0. The van der Waals surface area contributed by atoms with E-state index in [1.54, 1.807) is 4.90 Å². The zero-order valence-electron chi connectivity index (χ0n) is 14.3. The van der Waals surface area contributed by atoms with E-state index < -0.39 is 6.10 Å². The van der Waals surface area contributed by atoms with Crippen LogP contribution < -0.4 is 4.90 Å². The molecule has 3 rings (SSSR count). The largest absolute Gasteiger partial charge is 0.390 e. The average molecular weight is 333 g/mol. The fourth-order valence-corrected chi connectivity index (χ4v) is 3.56. The number of aliphatic hydroxyl groups is 1. The van der Waals surface area contributed by atoms with Crippen molar-refractivity contribution in [2.24, 2.45) is 0 Å². The highest BCUT2D eigenvalue weighted by molar-refractivity contribution is 5.77. The van der Waals surface area contributed by atoms with Crippen molar-refractivity contribution in [2.45, 2.75) is 19.1 Å². The van der Waals surface area contributed by atoms with Gasteiger partial charge in [-0.15, -0.1) is 0 Å². The fourth-order valence-electron chi connectivity index (χ4n) is 3.56. The lowest BCUT2D eigenvalue weighted by atomic mass is 10.1. The Kier molecular flexibility index (Phi) is 5.71. The van der Waals surface area contributed by atoms with Crippen molar-refractivity contribution in [1.82, 2.24) is 9.80 Å². The zero-order chi connectivity index (χ0) is 16.9. The summed E-state index contributed by atoms with van der Waals surface area (Å²) in [5, 5.41) is 10.4. The molecule has 2 atom stereocenters. The summed E-state index contributed by atoms with van der Waals surface area (Å²) < 4.78 is 5.19. The topological polar surface area (TPSA) is 56.2 Å². The van der Waals surface area contributed by atoms with Gasteiger partial charge < -0.3 is 19.6 Å². The number of aliphatic hydroxyl groups excluding tert-OH is 1. The smallest absolute Gasteiger partial charge is 0.248 e. The van der Waals surface area contributed by atoms with Gasteiger partial charge in [-0.25, -0.2) is 0 Å². The van der Waals surface area contributed by atoms with Crippen LogP contribution in [0.1, 0.15) is 6.92 Å². The van der Waals surface area contributed by atoms with Crippen molar-refractivity contribution in [2.75, 3.05) is 57.4 Å². The number of amides is 1. The molecule has 0 unspecified atom stereocenters. The van der Waals surface area contributed by atoms with E-state index in [2.05, 4.69) is 34.1 Å². The van der Waals surface area contributed by atoms with E-state index in [0.717, 1.165) is 26.2 Å². The molecule has 0 spiro atoms. The molecule has 0 saturated carbocycles. The number of para-hydroxylation sites is 1. The molecule has 24 heavy (non-hydrogen) atoms. The molecule has 2 saturated heterocycles. The predicted octanol–water partition coefficient (Wildman–Crippen LogP) is 0.417. The molecule has 1 aromatic rings. The molecule has 2 aliphatic heterocycles. The van der Waals surface area contributed by atoms with Gasteiger partial charge in [0.2, 0.25) is 5.91 Å². The van der Waals surface area contributed by atoms with Gasteiger partial charge in [0.1, 0.15) is 6.61 Å². The van der Waals surface area contributed by atoms with E-state index in [1.807, 2.05) is 13.0 Å². The Morgan fingerprint density at radius 1 is 1.17 bits per heavy atom. The number of piperazine rings is 1. The van der Waals surface area contributed by atoms with Crippen LogP contribution in [0.15, 0.2) is 30.3 Å². The first-order valence-corrected chi connectivity index (χ1v) is 8.76. The van der Waals surface area contributed by atoms with E-state index >= 15 is 0 Å². The van der Waals surface area contributed by atoms with Crippen LogP contribution >= 0.6 is 0 Å². The number of β-amino-alcohol motifs (C(OH)–C–C–N with tert-alkyl or cyclic N) is 1. The minimum atomic E-state index is -0.473. The molecule has 132 valence electrons. The molecule has 0 radical (unpaired) electrons. The molecule has 0 bridgehead atoms. The van der Waals surface area contributed by atoms with E-state index in [-0.39, 0.29) is 18.6 Å². The maximum atomic E-state index is 12.1. The maximum Gasteiger partial charge on any atom is 0.248 e. The molecular formula is C18H27N3O3.